The standard InChI is InChI=1S/C18H20N2O3/c1-23-15-7-8-16(17(21)13-15)18(22)20-11-9-19(10-12-20)14-5-3-2-4-6-14/h2-8,13,21H,9-12H2,1H3. The predicted molar refractivity (Wildman–Crippen MR) is 89.2 cm³/mol. The third-order valence-electron chi connectivity index (χ3n) is 4.12. The lowest BCUT2D eigenvalue weighted by atomic mass is 10.1. The first-order valence-corrected chi connectivity index (χ1v) is 7.65. The highest BCUT2D eigenvalue weighted by Gasteiger charge is 2.24. The van der Waals surface area contributed by atoms with Gasteiger partial charge in [0.05, 0.1) is 12.7 Å². The van der Waals surface area contributed by atoms with E-state index in [-0.39, 0.29) is 11.7 Å². The van der Waals surface area contributed by atoms with Gasteiger partial charge in [0.1, 0.15) is 11.5 Å². The maximum absolute atomic E-state index is 12.6. The molecule has 1 aliphatic heterocycles. The van der Waals surface area contributed by atoms with Crippen LogP contribution in [0.1, 0.15) is 10.4 Å². The van der Waals surface area contributed by atoms with Crippen LogP contribution in [0.3, 0.4) is 0 Å². The number of aromatic hydroxyl groups is 1. The number of benzene rings is 2. The minimum absolute atomic E-state index is 0.0418. The van der Waals surface area contributed by atoms with Crippen LogP contribution in [0.4, 0.5) is 5.69 Å². The number of para-hydroxylation sites is 1. The molecule has 23 heavy (non-hydrogen) atoms. The van der Waals surface area contributed by atoms with Gasteiger partial charge < -0.3 is 19.6 Å². The van der Waals surface area contributed by atoms with Crippen LogP contribution in [0.15, 0.2) is 48.5 Å². The lowest BCUT2D eigenvalue weighted by Crippen LogP contribution is -2.48. The molecule has 1 aliphatic rings. The van der Waals surface area contributed by atoms with E-state index >= 15 is 0 Å². The van der Waals surface area contributed by atoms with Gasteiger partial charge in [-0.05, 0) is 24.3 Å². The van der Waals surface area contributed by atoms with Crippen molar-refractivity contribution >= 4 is 11.6 Å². The quantitative estimate of drug-likeness (QED) is 0.945. The van der Waals surface area contributed by atoms with Crippen LogP contribution in [0.25, 0.3) is 0 Å². The molecular weight excluding hydrogens is 292 g/mol. The number of carbonyl (C=O) groups is 1. The Bertz CT molecular complexity index is 680. The monoisotopic (exact) mass is 312 g/mol. The van der Waals surface area contributed by atoms with Gasteiger partial charge in [0.25, 0.3) is 5.91 Å². The number of carbonyl (C=O) groups excluding carboxylic acids is 1. The minimum atomic E-state index is -0.141. The molecule has 5 heteroatoms. The Morgan fingerprint density at radius 3 is 2.35 bits per heavy atom. The Balaban J connectivity index is 1.66. The summed E-state index contributed by atoms with van der Waals surface area (Å²) in [5.74, 6) is 0.352. The van der Waals surface area contributed by atoms with Crippen LogP contribution < -0.4 is 9.64 Å². The lowest BCUT2D eigenvalue weighted by Gasteiger charge is -2.36. The van der Waals surface area contributed by atoms with E-state index in [9.17, 15) is 9.90 Å². The molecule has 120 valence electrons. The summed E-state index contributed by atoms with van der Waals surface area (Å²) in [5, 5.41) is 10.0. The van der Waals surface area contributed by atoms with E-state index in [0.717, 1.165) is 13.1 Å². The summed E-state index contributed by atoms with van der Waals surface area (Å²) in [4.78, 5) is 16.6. The van der Waals surface area contributed by atoms with Crippen LogP contribution in [0, 0.1) is 0 Å². The number of rotatable bonds is 3. The van der Waals surface area contributed by atoms with E-state index in [4.69, 9.17) is 4.74 Å². The molecular formula is C18H20N2O3. The van der Waals surface area contributed by atoms with E-state index in [2.05, 4.69) is 17.0 Å². The maximum atomic E-state index is 12.6. The van der Waals surface area contributed by atoms with Crippen molar-refractivity contribution in [2.24, 2.45) is 0 Å². The van der Waals surface area contributed by atoms with Gasteiger partial charge in [-0.15, -0.1) is 0 Å². The zero-order valence-corrected chi connectivity index (χ0v) is 13.1. The van der Waals surface area contributed by atoms with Crippen molar-refractivity contribution in [2.75, 3.05) is 38.2 Å². The summed E-state index contributed by atoms with van der Waals surface area (Å²) >= 11 is 0. The third kappa shape index (κ3) is 3.23. The topological polar surface area (TPSA) is 53.0 Å². The fourth-order valence-corrected chi connectivity index (χ4v) is 2.80. The van der Waals surface area contributed by atoms with Gasteiger partial charge >= 0.3 is 0 Å². The number of phenols is 1. The molecule has 0 unspecified atom stereocenters. The molecule has 1 amide bonds. The van der Waals surface area contributed by atoms with Crippen LogP contribution in [0.2, 0.25) is 0 Å². The van der Waals surface area contributed by atoms with E-state index in [1.807, 2.05) is 18.2 Å². The molecule has 3 rings (SSSR count). The fourth-order valence-electron chi connectivity index (χ4n) is 2.80. The normalized spacial score (nSPS) is 14.7. The Labute approximate surface area is 135 Å². The molecule has 0 aliphatic carbocycles. The number of methoxy groups -OCH3 is 1. The van der Waals surface area contributed by atoms with E-state index in [1.165, 1.54) is 18.9 Å². The number of hydrogen-bond donors (Lipinski definition) is 1. The summed E-state index contributed by atoms with van der Waals surface area (Å²) < 4.78 is 5.05. The molecule has 1 heterocycles. The minimum Gasteiger partial charge on any atom is -0.507 e. The second-order valence-electron chi connectivity index (χ2n) is 5.50. The van der Waals surface area contributed by atoms with Crippen molar-refractivity contribution in [1.29, 1.82) is 0 Å². The van der Waals surface area contributed by atoms with Gasteiger partial charge in [0.15, 0.2) is 0 Å². The van der Waals surface area contributed by atoms with Gasteiger partial charge in [0, 0.05) is 37.9 Å². The van der Waals surface area contributed by atoms with Gasteiger partial charge in [-0.3, -0.25) is 4.79 Å². The number of ether oxygens (including phenoxy) is 1. The zero-order valence-electron chi connectivity index (χ0n) is 13.1. The van der Waals surface area contributed by atoms with Crippen LogP contribution in [-0.4, -0.2) is 49.2 Å². The number of hydrogen-bond acceptors (Lipinski definition) is 4. The smallest absolute Gasteiger partial charge is 0.257 e. The molecule has 2 aromatic rings. The van der Waals surface area contributed by atoms with Gasteiger partial charge in [-0.25, -0.2) is 0 Å². The number of phenolic OH excluding ortho intramolecular Hbond substituents is 1. The van der Waals surface area contributed by atoms with Crippen LogP contribution in [-0.2, 0) is 0 Å². The van der Waals surface area contributed by atoms with Crippen molar-refractivity contribution in [1.82, 2.24) is 4.90 Å². The maximum Gasteiger partial charge on any atom is 0.257 e. The van der Waals surface area contributed by atoms with Crippen LogP contribution >= 0.6 is 0 Å². The Morgan fingerprint density at radius 2 is 1.74 bits per heavy atom. The summed E-state index contributed by atoms with van der Waals surface area (Å²) in [6.07, 6.45) is 0. The number of nitrogens with zero attached hydrogens (tertiary/aromatic N) is 2. The van der Waals surface area contributed by atoms with Crippen molar-refractivity contribution in [3.63, 3.8) is 0 Å². The van der Waals surface area contributed by atoms with Gasteiger partial charge in [-0.1, -0.05) is 18.2 Å². The highest BCUT2D eigenvalue weighted by molar-refractivity contribution is 5.97. The van der Waals surface area contributed by atoms with E-state index in [1.54, 1.807) is 17.0 Å². The molecule has 0 spiro atoms. The number of amides is 1. The first-order chi connectivity index (χ1) is 11.2. The molecule has 0 aromatic heterocycles. The largest absolute Gasteiger partial charge is 0.507 e. The molecule has 0 radical (unpaired) electrons. The third-order valence-corrected chi connectivity index (χ3v) is 4.12. The average Bonchev–Trinajstić information content (AvgIpc) is 2.62. The lowest BCUT2D eigenvalue weighted by molar-refractivity contribution is 0.0743. The number of anilines is 1. The van der Waals surface area contributed by atoms with Crippen molar-refractivity contribution in [3.05, 3.63) is 54.1 Å². The molecule has 1 N–H and O–H groups in total. The summed E-state index contributed by atoms with van der Waals surface area (Å²) in [7, 11) is 1.53. The Morgan fingerprint density at radius 1 is 1.04 bits per heavy atom. The SMILES string of the molecule is COc1ccc(C(=O)N2CCN(c3ccccc3)CC2)c(O)c1. The van der Waals surface area contributed by atoms with Gasteiger partial charge in [-0.2, -0.15) is 0 Å². The second-order valence-corrected chi connectivity index (χ2v) is 5.50. The molecule has 1 fully saturated rings. The molecule has 0 atom stereocenters. The summed E-state index contributed by atoms with van der Waals surface area (Å²) in [5.41, 5.74) is 1.49. The summed E-state index contributed by atoms with van der Waals surface area (Å²) in [6.45, 7) is 2.84. The number of piperazine rings is 1. The first kappa shape index (κ1) is 15.2. The second kappa shape index (κ2) is 6.60. The molecule has 0 saturated carbocycles. The zero-order chi connectivity index (χ0) is 16.2. The fraction of sp³-hybridized carbons (Fsp3) is 0.278. The van der Waals surface area contributed by atoms with Crippen LogP contribution in [0.5, 0.6) is 11.5 Å². The van der Waals surface area contributed by atoms with Crippen molar-refractivity contribution in [2.45, 2.75) is 0 Å². The van der Waals surface area contributed by atoms with Crippen molar-refractivity contribution < 1.29 is 14.6 Å². The first-order valence-electron chi connectivity index (χ1n) is 7.65. The molecule has 2 aromatic carbocycles. The molecule has 0 bridgehead atoms. The Hall–Kier alpha value is -2.69. The highest BCUT2D eigenvalue weighted by atomic mass is 16.5. The molecule has 1 saturated heterocycles. The van der Waals surface area contributed by atoms with E-state index in [0.29, 0.717) is 24.4 Å². The van der Waals surface area contributed by atoms with Crippen molar-refractivity contribution in [3.8, 4) is 11.5 Å². The molecule has 5 nitrogen and oxygen atoms in total. The Kier molecular flexibility index (Phi) is 4.37. The van der Waals surface area contributed by atoms with E-state index < -0.39 is 0 Å². The predicted octanol–water partition coefficient (Wildman–Crippen LogP) is 2.36. The summed E-state index contributed by atoms with van der Waals surface area (Å²) in [6, 6.07) is 14.9. The average molecular weight is 312 g/mol. The highest BCUT2D eigenvalue weighted by Crippen LogP contribution is 2.25. The van der Waals surface area contributed by atoms with Gasteiger partial charge in [0.2, 0.25) is 0 Å².